The van der Waals surface area contributed by atoms with Crippen molar-refractivity contribution in [1.29, 1.82) is 0 Å². The molecule has 0 atom stereocenters. The highest BCUT2D eigenvalue weighted by molar-refractivity contribution is 6.61. The van der Waals surface area contributed by atoms with Crippen molar-refractivity contribution in [3.63, 3.8) is 0 Å². The topological polar surface area (TPSA) is 40.6 Å². The highest BCUT2D eigenvalue weighted by atomic mass is 19.3. The van der Waals surface area contributed by atoms with Gasteiger partial charge in [-0.05, 0) is 0 Å². The molecule has 0 N–H and O–H groups in total. The van der Waals surface area contributed by atoms with Crippen molar-refractivity contribution in [3.8, 4) is 5.88 Å². The first-order chi connectivity index (χ1) is 9.31. The quantitative estimate of drug-likeness (QED) is 0.792. The molecule has 1 aliphatic rings. The molecule has 2 rings (SSSR count). The zero-order valence-corrected chi connectivity index (χ0v) is 11.2. The Balaban J connectivity index is 1.99. The van der Waals surface area contributed by atoms with Gasteiger partial charge < -0.3 is 14.0 Å². The normalized spacial score (nSPS) is 18.9. The number of hydrogen-bond acceptors (Lipinski definition) is 4. The van der Waals surface area contributed by atoms with E-state index in [0.717, 1.165) is 0 Å². The summed E-state index contributed by atoms with van der Waals surface area (Å²) in [6, 6.07) is 2.73. The van der Waals surface area contributed by atoms with Gasteiger partial charge in [0.1, 0.15) is 0 Å². The summed E-state index contributed by atoms with van der Waals surface area (Å²) in [5, 5.41) is 0. The van der Waals surface area contributed by atoms with Gasteiger partial charge in [-0.2, -0.15) is 8.78 Å². The number of halogens is 3. The summed E-state index contributed by atoms with van der Waals surface area (Å²) in [5.41, 5.74) is 0.535. The molecule has 8 heteroatoms. The maximum Gasteiger partial charge on any atom is 0.495 e. The molecule has 0 amide bonds. The standard InChI is InChI=1S/C12H15BF3NO3/c1-11(2)7-18-13(19-8-11)9-3-4-10(17-5-9)20-12(15,16)6-14/h3-5H,6-8H2,1-2H3. The van der Waals surface area contributed by atoms with Crippen LogP contribution in [-0.2, 0) is 9.31 Å². The van der Waals surface area contributed by atoms with Crippen molar-refractivity contribution in [2.24, 2.45) is 5.41 Å². The molecule has 0 bridgehead atoms. The summed E-state index contributed by atoms with van der Waals surface area (Å²) in [6.45, 7) is 3.17. The number of rotatable bonds is 4. The Morgan fingerprint density at radius 2 is 2.00 bits per heavy atom. The van der Waals surface area contributed by atoms with Gasteiger partial charge in [0.05, 0.1) is 0 Å². The van der Waals surface area contributed by atoms with E-state index < -0.39 is 19.9 Å². The van der Waals surface area contributed by atoms with Crippen molar-refractivity contribution in [3.05, 3.63) is 18.3 Å². The second kappa shape index (κ2) is 5.61. The smallest absolute Gasteiger partial charge is 0.413 e. The summed E-state index contributed by atoms with van der Waals surface area (Å²) in [5.74, 6) is -0.354. The van der Waals surface area contributed by atoms with E-state index in [0.29, 0.717) is 18.7 Å². The molecule has 4 nitrogen and oxygen atoms in total. The molecule has 0 unspecified atom stereocenters. The van der Waals surface area contributed by atoms with Gasteiger partial charge in [-0.3, -0.25) is 0 Å². The fourth-order valence-electron chi connectivity index (χ4n) is 1.66. The average Bonchev–Trinajstić information content (AvgIpc) is 2.40. The number of ether oxygens (including phenoxy) is 1. The average molecular weight is 289 g/mol. The van der Waals surface area contributed by atoms with Gasteiger partial charge in [-0.1, -0.05) is 19.9 Å². The molecule has 1 aliphatic heterocycles. The lowest BCUT2D eigenvalue weighted by molar-refractivity contribution is -0.188. The summed E-state index contributed by atoms with van der Waals surface area (Å²) in [7, 11) is -0.578. The Hall–Kier alpha value is -1.28. The Labute approximate surface area is 115 Å². The van der Waals surface area contributed by atoms with Crippen LogP contribution in [0.1, 0.15) is 13.8 Å². The third kappa shape index (κ3) is 3.86. The molecule has 1 saturated heterocycles. The minimum Gasteiger partial charge on any atom is -0.413 e. The van der Waals surface area contributed by atoms with Crippen LogP contribution in [0.5, 0.6) is 5.88 Å². The Morgan fingerprint density at radius 1 is 1.35 bits per heavy atom. The number of alkyl halides is 3. The fraction of sp³-hybridized carbons (Fsp3) is 0.583. The molecule has 1 fully saturated rings. The van der Waals surface area contributed by atoms with E-state index in [4.69, 9.17) is 9.31 Å². The third-order valence-corrected chi connectivity index (χ3v) is 2.69. The van der Waals surface area contributed by atoms with E-state index in [-0.39, 0.29) is 11.3 Å². The van der Waals surface area contributed by atoms with Crippen molar-refractivity contribution in [2.75, 3.05) is 19.9 Å². The predicted molar refractivity (Wildman–Crippen MR) is 66.9 cm³/mol. The van der Waals surface area contributed by atoms with Crippen LogP contribution in [-0.4, -0.2) is 38.1 Å². The van der Waals surface area contributed by atoms with Crippen molar-refractivity contribution >= 4 is 12.6 Å². The molecular weight excluding hydrogens is 274 g/mol. The fourth-order valence-corrected chi connectivity index (χ4v) is 1.66. The van der Waals surface area contributed by atoms with Gasteiger partial charge in [-0.15, -0.1) is 0 Å². The van der Waals surface area contributed by atoms with Gasteiger partial charge in [0.2, 0.25) is 5.88 Å². The maximum atomic E-state index is 12.7. The van der Waals surface area contributed by atoms with Crippen molar-refractivity contribution < 1.29 is 27.2 Å². The lowest BCUT2D eigenvalue weighted by Gasteiger charge is -2.33. The van der Waals surface area contributed by atoms with Gasteiger partial charge in [0.25, 0.3) is 0 Å². The van der Waals surface area contributed by atoms with E-state index >= 15 is 0 Å². The van der Waals surface area contributed by atoms with E-state index in [2.05, 4.69) is 9.72 Å². The first-order valence-corrected chi connectivity index (χ1v) is 6.13. The molecule has 0 saturated carbocycles. The summed E-state index contributed by atoms with van der Waals surface area (Å²) in [6.07, 6.45) is -2.55. The minimum absolute atomic E-state index is 0.0594. The molecule has 0 radical (unpaired) electrons. The van der Waals surface area contributed by atoms with Crippen molar-refractivity contribution in [2.45, 2.75) is 20.0 Å². The third-order valence-electron chi connectivity index (χ3n) is 2.69. The molecule has 20 heavy (non-hydrogen) atoms. The number of pyridine rings is 1. The molecule has 1 aromatic heterocycles. The second-order valence-electron chi connectivity index (χ2n) is 5.42. The van der Waals surface area contributed by atoms with E-state index in [1.165, 1.54) is 18.3 Å². The van der Waals surface area contributed by atoms with Crippen molar-refractivity contribution in [1.82, 2.24) is 4.98 Å². The molecule has 1 aromatic rings. The molecule has 0 aromatic carbocycles. The number of hydrogen-bond donors (Lipinski definition) is 0. The second-order valence-corrected chi connectivity index (χ2v) is 5.42. The highest BCUT2D eigenvalue weighted by Crippen LogP contribution is 2.22. The Kier molecular flexibility index (Phi) is 4.24. The van der Waals surface area contributed by atoms with Crippen LogP contribution in [0.2, 0.25) is 0 Å². The summed E-state index contributed by atoms with van der Waals surface area (Å²) < 4.78 is 52.5. The first kappa shape index (κ1) is 15.1. The lowest BCUT2D eigenvalue weighted by atomic mass is 9.77. The van der Waals surface area contributed by atoms with Crippen LogP contribution in [0.4, 0.5) is 13.2 Å². The van der Waals surface area contributed by atoms with Crippen LogP contribution in [0.3, 0.4) is 0 Å². The van der Waals surface area contributed by atoms with Gasteiger partial charge in [0.15, 0.2) is 6.67 Å². The maximum absolute atomic E-state index is 12.7. The largest absolute Gasteiger partial charge is 0.495 e. The number of nitrogens with zero attached hydrogens (tertiary/aromatic N) is 1. The summed E-state index contributed by atoms with van der Waals surface area (Å²) >= 11 is 0. The SMILES string of the molecule is CC1(C)COB(c2ccc(OC(F)(F)CF)nc2)OC1. The first-order valence-electron chi connectivity index (χ1n) is 6.13. The molecule has 110 valence electrons. The molecule has 2 heterocycles. The zero-order chi connectivity index (χ0) is 14.8. The zero-order valence-electron chi connectivity index (χ0n) is 11.2. The Morgan fingerprint density at radius 3 is 2.50 bits per heavy atom. The van der Waals surface area contributed by atoms with E-state index in [1.54, 1.807) is 0 Å². The van der Waals surface area contributed by atoms with E-state index in [9.17, 15) is 13.2 Å². The van der Waals surface area contributed by atoms with Crippen LogP contribution >= 0.6 is 0 Å². The number of aromatic nitrogens is 1. The van der Waals surface area contributed by atoms with Gasteiger partial charge >= 0.3 is 13.2 Å². The van der Waals surface area contributed by atoms with E-state index in [1.807, 2.05) is 13.8 Å². The molecule has 0 aliphatic carbocycles. The van der Waals surface area contributed by atoms with Gasteiger partial charge in [0, 0.05) is 36.4 Å². The van der Waals surface area contributed by atoms with Crippen LogP contribution in [0.25, 0.3) is 0 Å². The molecule has 0 spiro atoms. The Bertz CT molecular complexity index is 446. The van der Waals surface area contributed by atoms with Crippen LogP contribution in [0, 0.1) is 5.41 Å². The predicted octanol–water partition coefficient (Wildman–Crippen LogP) is 1.79. The highest BCUT2D eigenvalue weighted by Gasteiger charge is 2.35. The van der Waals surface area contributed by atoms with Crippen LogP contribution in [0.15, 0.2) is 18.3 Å². The van der Waals surface area contributed by atoms with Crippen LogP contribution < -0.4 is 10.2 Å². The summed E-state index contributed by atoms with van der Waals surface area (Å²) in [4.78, 5) is 3.69. The van der Waals surface area contributed by atoms with Gasteiger partial charge in [-0.25, -0.2) is 9.37 Å². The molecular formula is C12H15BF3NO3. The monoisotopic (exact) mass is 289 g/mol. The minimum atomic E-state index is -3.86. The lowest BCUT2D eigenvalue weighted by Crippen LogP contribution is -2.47.